The number of carbonyl (C=O) groups excluding carboxylic acids is 2. The first-order valence-corrected chi connectivity index (χ1v) is 10.2. The Hall–Kier alpha value is -2.95. The average molecular weight is 437 g/mol. The number of carbonyl (C=O) groups is 2. The third-order valence-electron chi connectivity index (χ3n) is 4.99. The summed E-state index contributed by atoms with van der Waals surface area (Å²) in [5.74, 6) is -0.853. The molecule has 3 aromatic rings. The third kappa shape index (κ3) is 3.64. The highest BCUT2D eigenvalue weighted by atomic mass is 32.1. The van der Waals surface area contributed by atoms with Crippen molar-refractivity contribution in [1.82, 2.24) is 20.1 Å². The van der Waals surface area contributed by atoms with Gasteiger partial charge in [0, 0.05) is 24.3 Å². The van der Waals surface area contributed by atoms with Crippen molar-refractivity contribution in [3.8, 4) is 0 Å². The van der Waals surface area contributed by atoms with Crippen LogP contribution in [0, 0.1) is 0 Å². The van der Waals surface area contributed by atoms with Crippen LogP contribution in [0.5, 0.6) is 0 Å². The number of anilines is 1. The average Bonchev–Trinajstić information content (AvgIpc) is 3.25. The van der Waals surface area contributed by atoms with E-state index < -0.39 is 24.3 Å². The Labute approximate surface area is 173 Å². The van der Waals surface area contributed by atoms with E-state index in [1.54, 1.807) is 0 Å². The van der Waals surface area contributed by atoms with Crippen molar-refractivity contribution in [3.05, 3.63) is 40.2 Å². The fourth-order valence-corrected chi connectivity index (χ4v) is 4.98. The zero-order chi connectivity index (χ0) is 21.5. The van der Waals surface area contributed by atoms with Gasteiger partial charge in [-0.05, 0) is 37.3 Å². The Morgan fingerprint density at radius 1 is 1.27 bits per heavy atom. The summed E-state index contributed by atoms with van der Waals surface area (Å²) in [6, 6.07) is 1.38. The normalized spacial score (nSPS) is 13.9. The van der Waals surface area contributed by atoms with Crippen LogP contribution in [0.15, 0.2) is 18.5 Å². The number of alkyl halides is 3. The number of thiophene rings is 1. The lowest BCUT2D eigenvalue weighted by Crippen LogP contribution is -2.24. The summed E-state index contributed by atoms with van der Waals surface area (Å²) in [7, 11) is 1.52. The third-order valence-corrected chi connectivity index (χ3v) is 6.20. The fraction of sp³-hybridized carbons (Fsp3) is 0.368. The van der Waals surface area contributed by atoms with E-state index in [4.69, 9.17) is 0 Å². The molecule has 11 heteroatoms. The van der Waals surface area contributed by atoms with E-state index in [1.165, 1.54) is 30.6 Å². The summed E-state index contributed by atoms with van der Waals surface area (Å²) >= 11 is 1.35. The van der Waals surface area contributed by atoms with E-state index in [9.17, 15) is 22.8 Å². The number of rotatable bonds is 4. The van der Waals surface area contributed by atoms with Gasteiger partial charge in [0.1, 0.15) is 11.5 Å². The Morgan fingerprint density at radius 2 is 2.03 bits per heavy atom. The molecule has 1 aliphatic rings. The van der Waals surface area contributed by atoms with Crippen LogP contribution >= 0.6 is 11.3 Å². The molecule has 2 N–H and O–H groups in total. The van der Waals surface area contributed by atoms with E-state index in [1.807, 2.05) is 0 Å². The molecular formula is C19H18F3N5O2S. The maximum atomic E-state index is 13.3. The predicted octanol–water partition coefficient (Wildman–Crippen LogP) is 3.39. The second-order valence-corrected chi connectivity index (χ2v) is 8.04. The number of pyridine rings is 1. The SMILES string of the molecule is CNC(=O)c1c(NC(=O)Cn2nc(C(F)(F)F)c3cnccc32)sc2c1CCCC2. The van der Waals surface area contributed by atoms with Crippen LogP contribution in [-0.2, 0) is 30.4 Å². The monoisotopic (exact) mass is 437 g/mol. The second-order valence-electron chi connectivity index (χ2n) is 6.94. The molecule has 0 bridgehead atoms. The highest BCUT2D eigenvalue weighted by molar-refractivity contribution is 7.17. The molecular weight excluding hydrogens is 419 g/mol. The molecule has 0 aliphatic heterocycles. The first kappa shape index (κ1) is 20.3. The number of aromatic nitrogens is 3. The molecule has 158 valence electrons. The van der Waals surface area contributed by atoms with Crippen LogP contribution in [0.3, 0.4) is 0 Å². The minimum absolute atomic E-state index is 0.157. The molecule has 0 fully saturated rings. The van der Waals surface area contributed by atoms with Gasteiger partial charge in [0.2, 0.25) is 5.91 Å². The van der Waals surface area contributed by atoms with Crippen molar-refractivity contribution in [1.29, 1.82) is 0 Å². The van der Waals surface area contributed by atoms with Crippen molar-refractivity contribution in [2.75, 3.05) is 12.4 Å². The zero-order valence-corrected chi connectivity index (χ0v) is 16.8. The highest BCUT2D eigenvalue weighted by Crippen LogP contribution is 2.38. The first-order chi connectivity index (χ1) is 14.3. The van der Waals surface area contributed by atoms with E-state index in [-0.39, 0.29) is 16.8 Å². The standard InChI is InChI=1S/C19H18F3N5O2S/c1-23-17(29)15-10-4-2-3-5-13(10)30-18(15)25-14(28)9-27-12-6-7-24-8-11(12)16(26-27)19(20,21)22/h6-8H,2-5,9H2,1H3,(H,23,29)(H,25,28). The van der Waals surface area contributed by atoms with Gasteiger partial charge in [-0.2, -0.15) is 18.3 Å². The van der Waals surface area contributed by atoms with Crippen LogP contribution in [-0.4, -0.2) is 33.6 Å². The van der Waals surface area contributed by atoms with Crippen molar-refractivity contribution in [2.24, 2.45) is 0 Å². The quantitative estimate of drug-likeness (QED) is 0.655. The maximum Gasteiger partial charge on any atom is 0.435 e. The van der Waals surface area contributed by atoms with Gasteiger partial charge < -0.3 is 10.6 Å². The number of fused-ring (bicyclic) bond motifs is 2. The molecule has 0 spiro atoms. The summed E-state index contributed by atoms with van der Waals surface area (Å²) in [5.41, 5.74) is 0.451. The molecule has 0 saturated carbocycles. The lowest BCUT2D eigenvalue weighted by Gasteiger charge is -2.12. The van der Waals surface area contributed by atoms with E-state index >= 15 is 0 Å². The Kier molecular flexibility index (Phi) is 5.22. The fourth-order valence-electron chi connectivity index (χ4n) is 3.67. The van der Waals surface area contributed by atoms with Gasteiger partial charge in [0.15, 0.2) is 5.69 Å². The van der Waals surface area contributed by atoms with Crippen molar-refractivity contribution < 1.29 is 22.8 Å². The molecule has 3 heterocycles. The molecule has 0 radical (unpaired) electrons. The number of nitrogens with one attached hydrogen (secondary N) is 2. The molecule has 0 saturated heterocycles. The van der Waals surface area contributed by atoms with Crippen molar-refractivity contribution in [2.45, 2.75) is 38.4 Å². The molecule has 0 atom stereocenters. The van der Waals surface area contributed by atoms with Crippen LogP contribution in [0.2, 0.25) is 0 Å². The van der Waals surface area contributed by atoms with Gasteiger partial charge in [-0.25, -0.2) is 0 Å². The van der Waals surface area contributed by atoms with Crippen LogP contribution in [0.25, 0.3) is 10.9 Å². The predicted molar refractivity (Wildman–Crippen MR) is 106 cm³/mol. The number of halogens is 3. The Balaban J connectivity index is 1.64. The number of aryl methyl sites for hydroxylation is 1. The molecule has 30 heavy (non-hydrogen) atoms. The van der Waals surface area contributed by atoms with Gasteiger partial charge in [-0.15, -0.1) is 11.3 Å². The van der Waals surface area contributed by atoms with Gasteiger partial charge in [0.25, 0.3) is 5.91 Å². The summed E-state index contributed by atoms with van der Waals surface area (Å²) < 4.78 is 40.8. The first-order valence-electron chi connectivity index (χ1n) is 9.33. The number of hydrogen-bond donors (Lipinski definition) is 2. The van der Waals surface area contributed by atoms with Gasteiger partial charge in [0.05, 0.1) is 16.5 Å². The van der Waals surface area contributed by atoms with Crippen LogP contribution < -0.4 is 10.6 Å². The molecule has 7 nitrogen and oxygen atoms in total. The van der Waals surface area contributed by atoms with Gasteiger partial charge >= 0.3 is 6.18 Å². The minimum Gasteiger partial charge on any atom is -0.355 e. The molecule has 0 aromatic carbocycles. The molecule has 1 aliphatic carbocycles. The molecule has 3 aromatic heterocycles. The Morgan fingerprint density at radius 3 is 2.77 bits per heavy atom. The van der Waals surface area contributed by atoms with Gasteiger partial charge in [-0.1, -0.05) is 0 Å². The van der Waals surface area contributed by atoms with E-state index in [2.05, 4.69) is 20.7 Å². The smallest absolute Gasteiger partial charge is 0.355 e. The van der Waals surface area contributed by atoms with E-state index in [0.717, 1.165) is 47.0 Å². The molecule has 0 unspecified atom stereocenters. The number of hydrogen-bond acceptors (Lipinski definition) is 5. The zero-order valence-electron chi connectivity index (χ0n) is 16.0. The maximum absolute atomic E-state index is 13.3. The van der Waals surface area contributed by atoms with Crippen LogP contribution in [0.1, 0.15) is 39.3 Å². The summed E-state index contributed by atoms with van der Waals surface area (Å²) in [6.07, 6.45) is 1.34. The highest BCUT2D eigenvalue weighted by Gasteiger charge is 2.37. The Bertz CT molecular complexity index is 1140. The summed E-state index contributed by atoms with van der Waals surface area (Å²) in [6.45, 7) is -0.424. The molecule has 4 rings (SSSR count). The minimum atomic E-state index is -4.66. The van der Waals surface area contributed by atoms with Crippen LogP contribution in [0.4, 0.5) is 18.2 Å². The summed E-state index contributed by atoms with van der Waals surface area (Å²) in [4.78, 5) is 29.8. The van der Waals surface area contributed by atoms with E-state index in [0.29, 0.717) is 10.6 Å². The summed E-state index contributed by atoms with van der Waals surface area (Å²) in [5, 5.41) is 9.14. The number of amides is 2. The lowest BCUT2D eigenvalue weighted by molar-refractivity contribution is -0.140. The number of nitrogens with zero attached hydrogens (tertiary/aromatic N) is 3. The van der Waals surface area contributed by atoms with Crippen molar-refractivity contribution in [3.63, 3.8) is 0 Å². The lowest BCUT2D eigenvalue weighted by atomic mass is 9.95. The topological polar surface area (TPSA) is 88.9 Å². The second kappa shape index (κ2) is 7.71. The largest absolute Gasteiger partial charge is 0.435 e. The van der Waals surface area contributed by atoms with Gasteiger partial charge in [-0.3, -0.25) is 19.3 Å². The molecule has 2 amide bonds. The van der Waals surface area contributed by atoms with Crippen molar-refractivity contribution >= 4 is 39.1 Å².